The van der Waals surface area contributed by atoms with Crippen LogP contribution in [0.2, 0.25) is 5.02 Å². The summed E-state index contributed by atoms with van der Waals surface area (Å²) in [5.41, 5.74) is -0.417. The average Bonchev–Trinajstić information content (AvgIpc) is 2.97. The summed E-state index contributed by atoms with van der Waals surface area (Å²) in [7, 11) is 0. The van der Waals surface area contributed by atoms with Crippen molar-refractivity contribution in [2.45, 2.75) is 25.6 Å². The van der Waals surface area contributed by atoms with Crippen LogP contribution in [-0.2, 0) is 11.8 Å². The van der Waals surface area contributed by atoms with Crippen LogP contribution >= 0.6 is 11.6 Å². The predicted octanol–water partition coefficient (Wildman–Crippen LogP) is 3.42. The second-order valence-corrected chi connectivity index (χ2v) is 6.44. The number of rotatable bonds is 4. The molecule has 0 radical (unpaired) electrons. The van der Waals surface area contributed by atoms with Crippen molar-refractivity contribution < 1.29 is 18.3 Å². The molecule has 2 aromatic heterocycles. The Hall–Kier alpha value is -2.39. The molecule has 6 nitrogen and oxygen atoms in total. The molecule has 0 fully saturated rings. The van der Waals surface area contributed by atoms with E-state index in [0.29, 0.717) is 16.3 Å². The first-order valence-electron chi connectivity index (χ1n) is 7.61. The fourth-order valence-corrected chi connectivity index (χ4v) is 2.83. The SMILES string of the molecule is Cc1cc(NCC(C)(O)c2ccccc2Cl)n2nc(C(F)(F)F)nc2n1. The van der Waals surface area contributed by atoms with Gasteiger partial charge in [-0.3, -0.25) is 0 Å². The Labute approximate surface area is 151 Å². The van der Waals surface area contributed by atoms with Gasteiger partial charge in [0.2, 0.25) is 0 Å². The van der Waals surface area contributed by atoms with Crippen molar-refractivity contribution in [2.24, 2.45) is 0 Å². The standard InChI is InChI=1S/C16H15ClF3N5O/c1-9-7-12(25-14(22-9)23-13(24-25)16(18,19)20)21-8-15(2,26)10-5-3-4-6-11(10)17/h3-7,21,26H,8H2,1-2H3. The normalized spacial score (nSPS) is 14.4. The highest BCUT2D eigenvalue weighted by atomic mass is 35.5. The van der Waals surface area contributed by atoms with Crippen LogP contribution < -0.4 is 5.32 Å². The van der Waals surface area contributed by atoms with Gasteiger partial charge in [-0.2, -0.15) is 22.7 Å². The van der Waals surface area contributed by atoms with Gasteiger partial charge in [-0.05, 0) is 19.9 Å². The number of hydrogen-bond donors (Lipinski definition) is 2. The van der Waals surface area contributed by atoms with Crippen LogP contribution in [0, 0.1) is 6.92 Å². The van der Waals surface area contributed by atoms with Crippen LogP contribution in [0.3, 0.4) is 0 Å². The maximum atomic E-state index is 12.9. The molecule has 0 spiro atoms. The fourth-order valence-electron chi connectivity index (χ4n) is 2.49. The number of fused-ring (bicyclic) bond motifs is 1. The Morgan fingerprint density at radius 2 is 1.92 bits per heavy atom. The van der Waals surface area contributed by atoms with E-state index in [9.17, 15) is 18.3 Å². The highest BCUT2D eigenvalue weighted by Gasteiger charge is 2.37. The monoisotopic (exact) mass is 385 g/mol. The quantitative estimate of drug-likeness (QED) is 0.719. The van der Waals surface area contributed by atoms with Gasteiger partial charge in [-0.15, -0.1) is 5.10 Å². The van der Waals surface area contributed by atoms with Crippen molar-refractivity contribution in [1.29, 1.82) is 0 Å². The summed E-state index contributed by atoms with van der Waals surface area (Å²) in [4.78, 5) is 7.37. The van der Waals surface area contributed by atoms with Crippen molar-refractivity contribution in [3.63, 3.8) is 0 Å². The fraction of sp³-hybridized carbons (Fsp3) is 0.312. The Balaban J connectivity index is 1.93. The molecule has 3 aromatic rings. The van der Waals surface area contributed by atoms with Crippen molar-refractivity contribution >= 4 is 23.2 Å². The van der Waals surface area contributed by atoms with Gasteiger partial charge < -0.3 is 10.4 Å². The molecule has 0 amide bonds. The number of aryl methyl sites for hydroxylation is 1. The summed E-state index contributed by atoms with van der Waals surface area (Å²) in [6.45, 7) is 3.16. The minimum atomic E-state index is -4.68. The third-order valence-corrected chi connectivity index (χ3v) is 4.09. The third kappa shape index (κ3) is 3.58. The van der Waals surface area contributed by atoms with Gasteiger partial charge in [-0.25, -0.2) is 4.98 Å². The van der Waals surface area contributed by atoms with Gasteiger partial charge in [0.1, 0.15) is 11.4 Å². The lowest BCUT2D eigenvalue weighted by Gasteiger charge is -2.25. The largest absolute Gasteiger partial charge is 0.453 e. The second kappa shape index (κ2) is 6.40. The Morgan fingerprint density at radius 1 is 1.23 bits per heavy atom. The zero-order valence-electron chi connectivity index (χ0n) is 13.8. The number of hydrogen-bond acceptors (Lipinski definition) is 5. The Bertz CT molecular complexity index is 955. The van der Waals surface area contributed by atoms with E-state index in [0.717, 1.165) is 4.52 Å². The van der Waals surface area contributed by atoms with Crippen molar-refractivity contribution in [3.05, 3.63) is 52.4 Å². The van der Waals surface area contributed by atoms with Gasteiger partial charge in [0, 0.05) is 28.9 Å². The van der Waals surface area contributed by atoms with Crippen LogP contribution in [0.1, 0.15) is 24.0 Å². The molecule has 3 rings (SSSR count). The van der Waals surface area contributed by atoms with E-state index in [2.05, 4.69) is 20.4 Å². The van der Waals surface area contributed by atoms with Crippen molar-refractivity contribution in [3.8, 4) is 0 Å². The number of nitrogens with zero attached hydrogens (tertiary/aromatic N) is 4. The third-order valence-electron chi connectivity index (χ3n) is 3.76. The molecule has 0 aliphatic rings. The molecule has 0 saturated carbocycles. The minimum absolute atomic E-state index is 0.0174. The van der Waals surface area contributed by atoms with E-state index in [1.54, 1.807) is 38.1 Å². The summed E-state index contributed by atoms with van der Waals surface area (Å²) in [6.07, 6.45) is -4.68. The van der Waals surface area contributed by atoms with Gasteiger partial charge in [0.05, 0.1) is 0 Å². The number of aromatic nitrogens is 4. The van der Waals surface area contributed by atoms with Gasteiger partial charge in [0.15, 0.2) is 0 Å². The van der Waals surface area contributed by atoms with E-state index < -0.39 is 17.6 Å². The molecule has 0 saturated heterocycles. The van der Waals surface area contributed by atoms with Crippen LogP contribution in [-0.4, -0.2) is 31.2 Å². The molecule has 26 heavy (non-hydrogen) atoms. The molecule has 1 aromatic carbocycles. The maximum Gasteiger partial charge on any atom is 0.453 e. The zero-order chi connectivity index (χ0) is 19.1. The lowest BCUT2D eigenvalue weighted by molar-refractivity contribution is -0.144. The molecule has 138 valence electrons. The zero-order valence-corrected chi connectivity index (χ0v) is 14.6. The molecule has 1 atom stereocenters. The molecule has 2 N–H and O–H groups in total. The number of aliphatic hydroxyl groups is 1. The highest BCUT2D eigenvalue weighted by Crippen LogP contribution is 2.29. The lowest BCUT2D eigenvalue weighted by Crippen LogP contribution is -2.31. The Kier molecular flexibility index (Phi) is 4.53. The molecular formula is C16H15ClF3N5O. The maximum absolute atomic E-state index is 12.9. The molecule has 0 bridgehead atoms. The summed E-state index contributed by atoms with van der Waals surface area (Å²) in [5, 5.41) is 17.5. The molecule has 2 heterocycles. The summed E-state index contributed by atoms with van der Waals surface area (Å²) in [6, 6.07) is 8.31. The number of nitrogens with one attached hydrogen (secondary N) is 1. The smallest absolute Gasteiger partial charge is 0.384 e. The van der Waals surface area contributed by atoms with E-state index in [1.807, 2.05) is 0 Å². The predicted molar refractivity (Wildman–Crippen MR) is 90.0 cm³/mol. The summed E-state index contributed by atoms with van der Waals surface area (Å²) >= 11 is 6.11. The van der Waals surface area contributed by atoms with Crippen LogP contribution in [0.4, 0.5) is 19.0 Å². The first-order valence-corrected chi connectivity index (χ1v) is 7.98. The topological polar surface area (TPSA) is 75.3 Å². The van der Waals surface area contributed by atoms with E-state index in [1.165, 1.54) is 6.07 Å². The molecule has 0 aliphatic carbocycles. The van der Waals surface area contributed by atoms with Crippen LogP contribution in [0.25, 0.3) is 5.78 Å². The van der Waals surface area contributed by atoms with E-state index >= 15 is 0 Å². The average molecular weight is 386 g/mol. The number of alkyl halides is 3. The molecule has 10 heteroatoms. The Morgan fingerprint density at radius 3 is 2.58 bits per heavy atom. The molecule has 0 aliphatic heterocycles. The number of anilines is 1. The first-order chi connectivity index (χ1) is 12.1. The van der Waals surface area contributed by atoms with Crippen molar-refractivity contribution in [1.82, 2.24) is 19.6 Å². The van der Waals surface area contributed by atoms with Crippen LogP contribution in [0.15, 0.2) is 30.3 Å². The second-order valence-electron chi connectivity index (χ2n) is 6.03. The van der Waals surface area contributed by atoms with Gasteiger partial charge in [-0.1, -0.05) is 29.8 Å². The van der Waals surface area contributed by atoms with E-state index in [4.69, 9.17) is 11.6 Å². The first kappa shape index (κ1) is 18.4. The molecular weight excluding hydrogens is 371 g/mol. The highest BCUT2D eigenvalue weighted by molar-refractivity contribution is 6.31. The van der Waals surface area contributed by atoms with Crippen molar-refractivity contribution in [2.75, 3.05) is 11.9 Å². The van der Waals surface area contributed by atoms with Crippen LogP contribution in [0.5, 0.6) is 0 Å². The van der Waals surface area contributed by atoms with Gasteiger partial charge in [0.25, 0.3) is 11.6 Å². The van der Waals surface area contributed by atoms with E-state index in [-0.39, 0.29) is 18.1 Å². The van der Waals surface area contributed by atoms with Gasteiger partial charge >= 0.3 is 6.18 Å². The lowest BCUT2D eigenvalue weighted by atomic mass is 9.96. The molecule has 1 unspecified atom stereocenters. The minimum Gasteiger partial charge on any atom is -0.384 e. The number of halogens is 4. The summed E-state index contributed by atoms with van der Waals surface area (Å²) in [5.74, 6) is -1.24. The summed E-state index contributed by atoms with van der Waals surface area (Å²) < 4.78 is 39.5. The number of benzene rings is 1.